The van der Waals surface area contributed by atoms with E-state index in [0.717, 1.165) is 18.4 Å². The summed E-state index contributed by atoms with van der Waals surface area (Å²) in [6, 6.07) is 5.33. The molecule has 1 fully saturated rings. The molecule has 0 bridgehead atoms. The van der Waals surface area contributed by atoms with Crippen molar-refractivity contribution in [2.75, 3.05) is 0 Å². The highest BCUT2D eigenvalue weighted by atomic mass is 19.1. The lowest BCUT2D eigenvalue weighted by Gasteiger charge is -2.10. The average molecular weight is 179 g/mol. The average Bonchev–Trinajstić information content (AvgIpc) is 2.87. The molecule has 2 rings (SSSR count). The van der Waals surface area contributed by atoms with Gasteiger partial charge in [0, 0.05) is 11.6 Å². The van der Waals surface area contributed by atoms with Crippen molar-refractivity contribution in [3.63, 3.8) is 0 Å². The molecule has 0 unspecified atom stereocenters. The second kappa shape index (κ2) is 3.11. The van der Waals surface area contributed by atoms with Gasteiger partial charge in [0.2, 0.25) is 0 Å². The quantitative estimate of drug-likeness (QED) is 0.742. The van der Waals surface area contributed by atoms with E-state index in [0.29, 0.717) is 11.5 Å². The Bertz CT molecular complexity index is 296. The molecular formula is C11H14FN. The first kappa shape index (κ1) is 8.70. The van der Waals surface area contributed by atoms with E-state index >= 15 is 0 Å². The van der Waals surface area contributed by atoms with Crippen molar-refractivity contribution in [3.8, 4) is 0 Å². The van der Waals surface area contributed by atoms with Gasteiger partial charge in [0.25, 0.3) is 0 Å². The highest BCUT2D eigenvalue weighted by Gasteiger charge is 2.27. The Kier molecular flexibility index (Phi) is 2.08. The first-order valence-electron chi connectivity index (χ1n) is 4.74. The Hall–Kier alpha value is -0.890. The van der Waals surface area contributed by atoms with Crippen LogP contribution in [0, 0.1) is 5.82 Å². The molecule has 1 aromatic rings. The number of hydrogen-bond donors (Lipinski definition) is 1. The molecule has 2 N–H and O–H groups in total. The normalized spacial score (nSPS) is 18.7. The maximum atomic E-state index is 13.7. The third kappa shape index (κ3) is 1.59. The van der Waals surface area contributed by atoms with Crippen molar-refractivity contribution in [3.05, 3.63) is 35.1 Å². The van der Waals surface area contributed by atoms with Crippen molar-refractivity contribution in [1.82, 2.24) is 0 Å². The third-order valence-corrected chi connectivity index (χ3v) is 2.57. The summed E-state index contributed by atoms with van der Waals surface area (Å²) < 4.78 is 13.7. The summed E-state index contributed by atoms with van der Waals surface area (Å²) in [4.78, 5) is 0. The molecule has 0 aromatic heterocycles. The Morgan fingerprint density at radius 2 is 2.15 bits per heavy atom. The summed E-state index contributed by atoms with van der Waals surface area (Å²) in [5.74, 6) is 0.374. The van der Waals surface area contributed by atoms with E-state index < -0.39 is 0 Å². The van der Waals surface area contributed by atoms with Gasteiger partial charge in [0.15, 0.2) is 0 Å². The Morgan fingerprint density at radius 1 is 1.46 bits per heavy atom. The summed E-state index contributed by atoms with van der Waals surface area (Å²) in [5, 5.41) is 0. The molecule has 1 aromatic carbocycles. The van der Waals surface area contributed by atoms with Gasteiger partial charge in [0.1, 0.15) is 5.82 Å². The number of nitrogens with two attached hydrogens (primary N) is 1. The lowest BCUT2D eigenvalue weighted by atomic mass is 10.0. The van der Waals surface area contributed by atoms with E-state index in [9.17, 15) is 4.39 Å². The van der Waals surface area contributed by atoms with Crippen molar-refractivity contribution in [2.45, 2.75) is 31.7 Å². The Morgan fingerprint density at radius 3 is 2.69 bits per heavy atom. The SMILES string of the molecule is C[C@@H](N)c1cccc(C2CC2)c1F. The fourth-order valence-corrected chi connectivity index (χ4v) is 1.63. The zero-order chi connectivity index (χ0) is 9.42. The molecule has 2 heteroatoms. The molecule has 0 heterocycles. The summed E-state index contributed by atoms with van der Waals surface area (Å²) in [6.07, 6.45) is 2.25. The van der Waals surface area contributed by atoms with Crippen molar-refractivity contribution in [1.29, 1.82) is 0 Å². The van der Waals surface area contributed by atoms with Crippen LogP contribution in [0.4, 0.5) is 4.39 Å². The molecule has 1 nitrogen and oxygen atoms in total. The van der Waals surface area contributed by atoms with Crippen molar-refractivity contribution >= 4 is 0 Å². The van der Waals surface area contributed by atoms with Crippen LogP contribution in [-0.2, 0) is 0 Å². The van der Waals surface area contributed by atoms with E-state index in [1.165, 1.54) is 0 Å². The molecule has 13 heavy (non-hydrogen) atoms. The number of benzene rings is 1. The molecule has 1 atom stereocenters. The predicted octanol–water partition coefficient (Wildman–Crippen LogP) is 2.72. The monoisotopic (exact) mass is 179 g/mol. The van der Waals surface area contributed by atoms with Crippen molar-refractivity contribution < 1.29 is 4.39 Å². The summed E-state index contributed by atoms with van der Waals surface area (Å²) in [6.45, 7) is 1.81. The third-order valence-electron chi connectivity index (χ3n) is 2.57. The first-order chi connectivity index (χ1) is 6.20. The zero-order valence-electron chi connectivity index (χ0n) is 7.76. The van der Waals surface area contributed by atoms with Gasteiger partial charge in [-0.1, -0.05) is 18.2 Å². The number of rotatable bonds is 2. The van der Waals surface area contributed by atoms with Crippen LogP contribution in [0.5, 0.6) is 0 Å². The van der Waals surface area contributed by atoms with Crippen LogP contribution in [0.1, 0.15) is 42.9 Å². The van der Waals surface area contributed by atoms with Crippen LogP contribution >= 0.6 is 0 Å². The van der Waals surface area contributed by atoms with E-state index in [1.54, 1.807) is 6.07 Å². The molecule has 70 valence electrons. The molecule has 0 radical (unpaired) electrons. The molecule has 0 amide bonds. The lowest BCUT2D eigenvalue weighted by Crippen LogP contribution is -2.08. The second-order valence-electron chi connectivity index (χ2n) is 3.81. The highest BCUT2D eigenvalue weighted by Crippen LogP contribution is 2.42. The molecule has 0 spiro atoms. The highest BCUT2D eigenvalue weighted by molar-refractivity contribution is 5.32. The standard InChI is InChI=1S/C11H14FN/c1-7(13)9-3-2-4-10(11(9)12)8-5-6-8/h2-4,7-8H,5-6,13H2,1H3/t7-/m1/s1. The van der Waals surface area contributed by atoms with E-state index in [1.807, 2.05) is 19.1 Å². The van der Waals surface area contributed by atoms with Crippen LogP contribution < -0.4 is 5.73 Å². The van der Waals surface area contributed by atoms with Crippen LogP contribution in [0.2, 0.25) is 0 Å². The van der Waals surface area contributed by atoms with Crippen LogP contribution in [-0.4, -0.2) is 0 Å². The molecule has 0 aliphatic heterocycles. The summed E-state index contributed by atoms with van der Waals surface area (Å²) in [5.41, 5.74) is 7.16. The smallest absolute Gasteiger partial charge is 0.131 e. The maximum Gasteiger partial charge on any atom is 0.131 e. The fourth-order valence-electron chi connectivity index (χ4n) is 1.63. The Balaban J connectivity index is 2.41. The molecule has 1 aliphatic carbocycles. The fraction of sp³-hybridized carbons (Fsp3) is 0.455. The molecular weight excluding hydrogens is 165 g/mol. The van der Waals surface area contributed by atoms with Crippen molar-refractivity contribution in [2.24, 2.45) is 5.73 Å². The molecule has 1 aliphatic rings. The van der Waals surface area contributed by atoms with Crippen LogP contribution in [0.3, 0.4) is 0 Å². The van der Waals surface area contributed by atoms with Gasteiger partial charge in [-0.2, -0.15) is 0 Å². The predicted molar refractivity (Wildman–Crippen MR) is 51.0 cm³/mol. The minimum atomic E-state index is -0.210. The van der Waals surface area contributed by atoms with Gasteiger partial charge in [-0.15, -0.1) is 0 Å². The van der Waals surface area contributed by atoms with E-state index in [-0.39, 0.29) is 11.9 Å². The van der Waals surface area contributed by atoms with Gasteiger partial charge in [-0.25, -0.2) is 4.39 Å². The summed E-state index contributed by atoms with van der Waals surface area (Å²) >= 11 is 0. The topological polar surface area (TPSA) is 26.0 Å². The van der Waals surface area contributed by atoms with Gasteiger partial charge in [-0.05, 0) is 31.2 Å². The minimum absolute atomic E-state index is 0.0833. The lowest BCUT2D eigenvalue weighted by molar-refractivity contribution is 0.579. The number of hydrogen-bond acceptors (Lipinski definition) is 1. The summed E-state index contributed by atoms with van der Waals surface area (Å²) in [7, 11) is 0. The number of halogens is 1. The Labute approximate surface area is 77.8 Å². The van der Waals surface area contributed by atoms with Gasteiger partial charge in [0.05, 0.1) is 0 Å². The first-order valence-corrected chi connectivity index (χ1v) is 4.74. The molecule has 1 saturated carbocycles. The zero-order valence-corrected chi connectivity index (χ0v) is 7.76. The van der Waals surface area contributed by atoms with Gasteiger partial charge >= 0.3 is 0 Å². The second-order valence-corrected chi connectivity index (χ2v) is 3.81. The van der Waals surface area contributed by atoms with Gasteiger partial charge < -0.3 is 5.73 Å². The van der Waals surface area contributed by atoms with Crippen LogP contribution in [0.25, 0.3) is 0 Å². The molecule has 0 saturated heterocycles. The van der Waals surface area contributed by atoms with E-state index in [2.05, 4.69) is 0 Å². The maximum absolute atomic E-state index is 13.7. The van der Waals surface area contributed by atoms with Crippen LogP contribution in [0.15, 0.2) is 18.2 Å². The van der Waals surface area contributed by atoms with Gasteiger partial charge in [-0.3, -0.25) is 0 Å². The minimum Gasteiger partial charge on any atom is -0.324 e. The largest absolute Gasteiger partial charge is 0.324 e. The van der Waals surface area contributed by atoms with E-state index in [4.69, 9.17) is 5.73 Å².